The standard InChI is InChI=1S/C30H31N3O5/c1-21(2)38-27-12-6-23(7-13-27)20-28(30(36)32-17-18-34)33-29(35)24-8-14-26(15-9-24)37-19-16-22-4-10-25(31-3)11-5-22/h4-15,20-21,34H,16-19H2,1-2H3,(H,32,36)(H,33,35)/b28-20-. The van der Waals surface area contributed by atoms with Gasteiger partial charge in [0.1, 0.15) is 17.2 Å². The van der Waals surface area contributed by atoms with Crippen LogP contribution < -0.4 is 20.1 Å². The smallest absolute Gasteiger partial charge is 0.267 e. The van der Waals surface area contributed by atoms with E-state index in [2.05, 4.69) is 15.5 Å². The molecule has 8 nitrogen and oxygen atoms in total. The maximum Gasteiger partial charge on any atom is 0.267 e. The SMILES string of the molecule is [C-]#[N+]c1ccc(CCOc2ccc(C(=O)N/C(=C\c3ccc(OC(C)C)cc3)C(=O)NCCO)cc2)cc1. The van der Waals surface area contributed by atoms with Gasteiger partial charge in [0.05, 0.1) is 25.9 Å². The second-order valence-electron chi connectivity index (χ2n) is 8.63. The van der Waals surface area contributed by atoms with Crippen molar-refractivity contribution in [1.82, 2.24) is 10.6 Å². The molecule has 0 aromatic heterocycles. The molecule has 0 aliphatic carbocycles. The summed E-state index contributed by atoms with van der Waals surface area (Å²) in [6.07, 6.45) is 2.28. The van der Waals surface area contributed by atoms with E-state index in [0.717, 1.165) is 5.56 Å². The van der Waals surface area contributed by atoms with Crippen molar-refractivity contribution in [1.29, 1.82) is 0 Å². The van der Waals surface area contributed by atoms with Gasteiger partial charge in [-0.3, -0.25) is 9.59 Å². The van der Waals surface area contributed by atoms with E-state index in [0.29, 0.717) is 41.3 Å². The van der Waals surface area contributed by atoms with Crippen LogP contribution in [0.15, 0.2) is 78.5 Å². The van der Waals surface area contributed by atoms with Crippen LogP contribution in [0.4, 0.5) is 5.69 Å². The largest absolute Gasteiger partial charge is 0.493 e. The number of aliphatic hydroxyl groups is 1. The van der Waals surface area contributed by atoms with Gasteiger partial charge in [0.25, 0.3) is 11.8 Å². The lowest BCUT2D eigenvalue weighted by molar-refractivity contribution is -0.117. The van der Waals surface area contributed by atoms with Crippen molar-refractivity contribution < 1.29 is 24.2 Å². The first-order valence-corrected chi connectivity index (χ1v) is 12.3. The zero-order valence-corrected chi connectivity index (χ0v) is 21.4. The van der Waals surface area contributed by atoms with Gasteiger partial charge in [0, 0.05) is 18.5 Å². The number of amides is 2. The molecule has 8 heteroatoms. The summed E-state index contributed by atoms with van der Waals surface area (Å²) in [6, 6.07) is 21.1. The third kappa shape index (κ3) is 8.80. The Morgan fingerprint density at radius 1 is 0.974 bits per heavy atom. The number of carbonyl (C=O) groups is 2. The molecule has 0 bridgehead atoms. The number of nitrogens with zero attached hydrogens (tertiary/aromatic N) is 1. The van der Waals surface area contributed by atoms with Gasteiger partial charge in [-0.1, -0.05) is 36.4 Å². The van der Waals surface area contributed by atoms with E-state index < -0.39 is 11.8 Å². The van der Waals surface area contributed by atoms with Crippen LogP contribution in [0.3, 0.4) is 0 Å². The third-order valence-electron chi connectivity index (χ3n) is 5.29. The fraction of sp³-hybridized carbons (Fsp3) is 0.233. The fourth-order valence-electron chi connectivity index (χ4n) is 3.43. The quantitative estimate of drug-likeness (QED) is 0.244. The summed E-state index contributed by atoms with van der Waals surface area (Å²) in [6.45, 7) is 11.2. The highest BCUT2D eigenvalue weighted by molar-refractivity contribution is 6.05. The van der Waals surface area contributed by atoms with Crippen LogP contribution in [0, 0.1) is 6.57 Å². The predicted molar refractivity (Wildman–Crippen MR) is 146 cm³/mol. The first-order valence-electron chi connectivity index (χ1n) is 12.3. The number of carbonyl (C=O) groups excluding carboxylic acids is 2. The molecule has 0 atom stereocenters. The molecule has 0 aliphatic rings. The minimum Gasteiger partial charge on any atom is -0.493 e. The predicted octanol–water partition coefficient (Wildman–Crippen LogP) is 4.53. The molecule has 0 saturated heterocycles. The molecule has 0 unspecified atom stereocenters. The summed E-state index contributed by atoms with van der Waals surface area (Å²) in [5.41, 5.74) is 2.76. The lowest BCUT2D eigenvalue weighted by Gasteiger charge is -2.12. The number of nitrogens with one attached hydrogen (secondary N) is 2. The monoisotopic (exact) mass is 513 g/mol. The summed E-state index contributed by atoms with van der Waals surface area (Å²) in [4.78, 5) is 28.9. The van der Waals surface area contributed by atoms with Crippen LogP contribution in [0.2, 0.25) is 0 Å². The maximum absolute atomic E-state index is 12.9. The van der Waals surface area contributed by atoms with Gasteiger partial charge < -0.3 is 25.2 Å². The van der Waals surface area contributed by atoms with Crippen LogP contribution in [0.1, 0.15) is 35.3 Å². The normalized spacial score (nSPS) is 11.0. The number of hydrogen-bond acceptors (Lipinski definition) is 5. The molecule has 0 spiro atoms. The van der Waals surface area contributed by atoms with Gasteiger partial charge in [-0.15, -0.1) is 0 Å². The summed E-state index contributed by atoms with van der Waals surface area (Å²) in [5, 5.41) is 14.3. The van der Waals surface area contributed by atoms with Crippen LogP contribution >= 0.6 is 0 Å². The van der Waals surface area contributed by atoms with Gasteiger partial charge in [0.2, 0.25) is 0 Å². The Kier molecular flexibility index (Phi) is 10.5. The van der Waals surface area contributed by atoms with Gasteiger partial charge >= 0.3 is 0 Å². The Morgan fingerprint density at radius 2 is 1.63 bits per heavy atom. The van der Waals surface area contributed by atoms with Crippen molar-refractivity contribution in [3.63, 3.8) is 0 Å². The van der Waals surface area contributed by atoms with E-state index in [1.807, 2.05) is 26.0 Å². The molecule has 3 N–H and O–H groups in total. The van der Waals surface area contributed by atoms with Crippen LogP contribution in [-0.4, -0.2) is 42.8 Å². The highest BCUT2D eigenvalue weighted by Gasteiger charge is 2.15. The van der Waals surface area contributed by atoms with Crippen LogP contribution in [-0.2, 0) is 11.2 Å². The van der Waals surface area contributed by atoms with E-state index in [1.54, 1.807) is 66.7 Å². The summed E-state index contributed by atoms with van der Waals surface area (Å²) < 4.78 is 11.4. The van der Waals surface area contributed by atoms with Crippen molar-refractivity contribution in [2.45, 2.75) is 26.4 Å². The van der Waals surface area contributed by atoms with Gasteiger partial charge in [-0.2, -0.15) is 0 Å². The first-order chi connectivity index (χ1) is 18.4. The molecule has 0 saturated carbocycles. The lowest BCUT2D eigenvalue weighted by Crippen LogP contribution is -2.36. The first kappa shape index (κ1) is 28.0. The molecular formula is C30H31N3O5. The number of rotatable bonds is 12. The van der Waals surface area contributed by atoms with Gasteiger partial charge in [0.15, 0.2) is 5.69 Å². The zero-order valence-electron chi connectivity index (χ0n) is 21.4. The molecule has 0 fully saturated rings. The van der Waals surface area contributed by atoms with Gasteiger partial charge in [-0.05, 0) is 67.4 Å². The van der Waals surface area contributed by atoms with E-state index >= 15 is 0 Å². The fourth-order valence-corrected chi connectivity index (χ4v) is 3.43. The van der Waals surface area contributed by atoms with E-state index in [1.165, 1.54) is 0 Å². The molecule has 3 rings (SSSR count). The molecule has 3 aromatic carbocycles. The summed E-state index contributed by atoms with van der Waals surface area (Å²) in [5.74, 6) is 0.341. The van der Waals surface area contributed by atoms with Crippen LogP contribution in [0.25, 0.3) is 10.9 Å². The van der Waals surface area contributed by atoms with Crippen LogP contribution in [0.5, 0.6) is 11.5 Å². The van der Waals surface area contributed by atoms with E-state index in [4.69, 9.17) is 21.2 Å². The molecular weight excluding hydrogens is 482 g/mol. The highest BCUT2D eigenvalue weighted by atomic mass is 16.5. The van der Waals surface area contributed by atoms with E-state index in [9.17, 15) is 9.59 Å². The molecule has 0 radical (unpaired) electrons. The second kappa shape index (κ2) is 14.2. The Balaban J connectivity index is 1.63. The molecule has 2 amide bonds. The number of aliphatic hydroxyl groups excluding tert-OH is 1. The average molecular weight is 514 g/mol. The minimum absolute atomic E-state index is 0.0377. The molecule has 3 aromatic rings. The Morgan fingerprint density at radius 3 is 2.24 bits per heavy atom. The Hall–Kier alpha value is -4.61. The van der Waals surface area contributed by atoms with Gasteiger partial charge in [-0.25, -0.2) is 4.85 Å². The third-order valence-corrected chi connectivity index (χ3v) is 5.29. The Labute approximate surface area is 222 Å². The minimum atomic E-state index is -0.515. The number of hydrogen-bond donors (Lipinski definition) is 3. The topological polar surface area (TPSA) is 101 Å². The van der Waals surface area contributed by atoms with Crippen molar-refractivity contribution in [2.24, 2.45) is 0 Å². The Bertz CT molecular complexity index is 1280. The van der Waals surface area contributed by atoms with E-state index in [-0.39, 0.29) is 25.0 Å². The highest BCUT2D eigenvalue weighted by Crippen LogP contribution is 2.17. The average Bonchev–Trinajstić information content (AvgIpc) is 2.92. The molecule has 38 heavy (non-hydrogen) atoms. The van der Waals surface area contributed by atoms with Crippen molar-refractivity contribution >= 4 is 23.6 Å². The van der Waals surface area contributed by atoms with Crippen molar-refractivity contribution in [3.05, 3.63) is 107 Å². The summed E-state index contributed by atoms with van der Waals surface area (Å²) >= 11 is 0. The van der Waals surface area contributed by atoms with Crippen molar-refractivity contribution in [2.75, 3.05) is 19.8 Å². The maximum atomic E-state index is 12.9. The van der Waals surface area contributed by atoms with Crippen molar-refractivity contribution in [3.8, 4) is 11.5 Å². The lowest BCUT2D eigenvalue weighted by atomic mass is 10.1. The molecule has 0 heterocycles. The summed E-state index contributed by atoms with van der Waals surface area (Å²) in [7, 11) is 0. The zero-order chi connectivity index (χ0) is 27.3. The molecule has 0 aliphatic heterocycles. The number of ether oxygens (including phenoxy) is 2. The number of benzene rings is 3. The second-order valence-corrected chi connectivity index (χ2v) is 8.63. The molecule has 196 valence electrons.